The van der Waals surface area contributed by atoms with Crippen molar-refractivity contribution in [2.45, 2.75) is 244 Å². The summed E-state index contributed by atoms with van der Waals surface area (Å²) < 4.78 is 5.91. The van der Waals surface area contributed by atoms with Gasteiger partial charge in [-0.15, -0.1) is 0 Å². The van der Waals surface area contributed by atoms with Gasteiger partial charge in [0, 0.05) is 6.42 Å². The first-order valence-electron chi connectivity index (χ1n) is 24.0. The molecular formula is C51H91NO5. The molecule has 0 heterocycles. The molecule has 1 amide bonds. The average Bonchev–Trinajstić information content (AvgIpc) is 3.20. The smallest absolute Gasteiger partial charge is 0.306 e. The van der Waals surface area contributed by atoms with Crippen LogP contribution in [0.15, 0.2) is 60.8 Å². The fourth-order valence-electron chi connectivity index (χ4n) is 7.01. The molecule has 0 aromatic carbocycles. The van der Waals surface area contributed by atoms with Gasteiger partial charge in [0.05, 0.1) is 25.2 Å². The maximum atomic E-state index is 13.1. The molecule has 3 unspecified atom stereocenters. The molecular weight excluding hydrogens is 707 g/mol. The third-order valence-corrected chi connectivity index (χ3v) is 10.6. The summed E-state index contributed by atoms with van der Waals surface area (Å²) in [7, 11) is 0. The molecule has 57 heavy (non-hydrogen) atoms. The largest absolute Gasteiger partial charge is 0.462 e. The number of allylic oxidation sites excluding steroid dienone is 10. The van der Waals surface area contributed by atoms with Crippen molar-refractivity contribution in [3.8, 4) is 0 Å². The Morgan fingerprint density at radius 3 is 1.44 bits per heavy atom. The van der Waals surface area contributed by atoms with Crippen LogP contribution >= 0.6 is 0 Å². The first-order valence-corrected chi connectivity index (χ1v) is 24.0. The monoisotopic (exact) mass is 798 g/mol. The highest BCUT2D eigenvalue weighted by molar-refractivity contribution is 5.77. The third kappa shape index (κ3) is 40.1. The van der Waals surface area contributed by atoms with Gasteiger partial charge in [-0.05, 0) is 83.5 Å². The van der Waals surface area contributed by atoms with E-state index in [1.807, 2.05) is 0 Å². The van der Waals surface area contributed by atoms with Gasteiger partial charge in [0.15, 0.2) is 0 Å². The fraction of sp³-hybridized carbons (Fsp3) is 0.765. The molecule has 3 N–H and O–H groups in total. The van der Waals surface area contributed by atoms with E-state index in [1.165, 1.54) is 70.6 Å². The minimum Gasteiger partial charge on any atom is -0.462 e. The number of amides is 1. The van der Waals surface area contributed by atoms with Crippen LogP contribution in [0.3, 0.4) is 0 Å². The quantitative estimate of drug-likeness (QED) is 0.0325. The van der Waals surface area contributed by atoms with E-state index in [9.17, 15) is 19.8 Å². The molecule has 0 fully saturated rings. The summed E-state index contributed by atoms with van der Waals surface area (Å²) in [6, 6.07) is -0.710. The molecule has 0 spiro atoms. The number of ether oxygens (including phenoxy) is 1. The van der Waals surface area contributed by atoms with Gasteiger partial charge in [0.25, 0.3) is 0 Å². The van der Waals surface area contributed by atoms with E-state index in [4.69, 9.17) is 4.74 Å². The van der Waals surface area contributed by atoms with Crippen LogP contribution in [0.1, 0.15) is 226 Å². The van der Waals surface area contributed by atoms with E-state index in [1.54, 1.807) is 0 Å². The Balaban J connectivity index is 4.65. The van der Waals surface area contributed by atoms with Crippen LogP contribution in [-0.2, 0) is 14.3 Å². The van der Waals surface area contributed by atoms with Crippen molar-refractivity contribution in [1.82, 2.24) is 5.32 Å². The summed E-state index contributed by atoms with van der Waals surface area (Å²) in [6.45, 7) is 6.24. The van der Waals surface area contributed by atoms with Crippen LogP contribution in [0.5, 0.6) is 0 Å². The Morgan fingerprint density at radius 1 is 0.526 bits per heavy atom. The number of hydrogen-bond acceptors (Lipinski definition) is 5. The normalized spacial score (nSPS) is 13.8. The lowest BCUT2D eigenvalue weighted by Gasteiger charge is -2.24. The molecule has 0 aromatic rings. The first kappa shape index (κ1) is 54.6. The lowest BCUT2D eigenvalue weighted by molar-refractivity contribution is -0.151. The standard InChI is InChI=1S/C51H91NO5/c1-4-7-10-13-16-19-22-24-26-28-30-33-36-39-42-47(57-51(56)44-41-38-35-32-29-27-25-23-20-17-14-11-8-5-2)45-50(55)52-48(46-53)49(54)43-40-37-34-31-21-18-15-12-9-6-3/h7-8,10-11,16-17,19-20,24,26,47-49,53-54H,4-6,9,12-15,18,21-23,25,27-46H2,1-3H3,(H,52,55)/b10-7+,11-8+,19-16+,20-17+,26-24+. The number of nitrogens with one attached hydrogen (secondary N) is 1. The number of unbranched alkanes of at least 4 members (excludes halogenated alkanes) is 20. The van der Waals surface area contributed by atoms with Gasteiger partial charge in [0.1, 0.15) is 6.10 Å². The highest BCUT2D eigenvalue weighted by Gasteiger charge is 2.24. The van der Waals surface area contributed by atoms with Gasteiger partial charge in [-0.1, -0.05) is 191 Å². The zero-order valence-electron chi connectivity index (χ0n) is 37.5. The molecule has 0 saturated carbocycles. The highest BCUT2D eigenvalue weighted by Crippen LogP contribution is 2.17. The first-order chi connectivity index (χ1) is 28.0. The number of carbonyl (C=O) groups is 2. The predicted molar refractivity (Wildman–Crippen MR) is 245 cm³/mol. The summed E-state index contributed by atoms with van der Waals surface area (Å²) in [6.07, 6.45) is 54.2. The van der Waals surface area contributed by atoms with Crippen molar-refractivity contribution in [2.75, 3.05) is 6.61 Å². The third-order valence-electron chi connectivity index (χ3n) is 10.6. The van der Waals surface area contributed by atoms with Crippen molar-refractivity contribution >= 4 is 11.9 Å². The van der Waals surface area contributed by atoms with Gasteiger partial charge >= 0.3 is 5.97 Å². The Labute approximate surface area is 352 Å². The lowest BCUT2D eigenvalue weighted by atomic mass is 10.0. The minimum absolute atomic E-state index is 0.0579. The van der Waals surface area contributed by atoms with E-state index in [2.05, 4.69) is 86.8 Å². The molecule has 0 aliphatic rings. The molecule has 0 aliphatic carbocycles. The van der Waals surface area contributed by atoms with Crippen LogP contribution < -0.4 is 5.32 Å². The zero-order valence-corrected chi connectivity index (χ0v) is 37.5. The van der Waals surface area contributed by atoms with Gasteiger partial charge in [0.2, 0.25) is 5.91 Å². The van der Waals surface area contributed by atoms with E-state index in [-0.39, 0.29) is 24.9 Å². The second kappa shape index (κ2) is 44.7. The van der Waals surface area contributed by atoms with Crippen LogP contribution in [-0.4, -0.2) is 46.9 Å². The minimum atomic E-state index is -0.795. The highest BCUT2D eigenvalue weighted by atomic mass is 16.5. The molecule has 0 radical (unpaired) electrons. The molecule has 6 heteroatoms. The van der Waals surface area contributed by atoms with Crippen LogP contribution in [0.4, 0.5) is 0 Å². The van der Waals surface area contributed by atoms with Crippen molar-refractivity contribution in [3.63, 3.8) is 0 Å². The van der Waals surface area contributed by atoms with Crippen molar-refractivity contribution in [1.29, 1.82) is 0 Å². The zero-order chi connectivity index (χ0) is 41.7. The van der Waals surface area contributed by atoms with Gasteiger partial charge < -0.3 is 20.3 Å². The maximum absolute atomic E-state index is 13.1. The molecule has 0 saturated heterocycles. The summed E-state index contributed by atoms with van der Waals surface area (Å²) in [4.78, 5) is 26.0. The summed E-state index contributed by atoms with van der Waals surface area (Å²) in [5.74, 6) is -0.507. The molecule has 0 bridgehead atoms. The van der Waals surface area contributed by atoms with Crippen LogP contribution in [0.25, 0.3) is 0 Å². The predicted octanol–water partition coefficient (Wildman–Crippen LogP) is 14.1. The van der Waals surface area contributed by atoms with Crippen molar-refractivity contribution in [3.05, 3.63) is 60.8 Å². The Hall–Kier alpha value is -2.44. The number of rotatable bonds is 42. The van der Waals surface area contributed by atoms with E-state index < -0.39 is 18.2 Å². The van der Waals surface area contributed by atoms with Crippen LogP contribution in [0, 0.1) is 0 Å². The van der Waals surface area contributed by atoms with Gasteiger partial charge in [-0.2, -0.15) is 0 Å². The second-order valence-electron chi connectivity index (χ2n) is 16.1. The number of aliphatic hydroxyl groups is 2. The van der Waals surface area contributed by atoms with Gasteiger partial charge in [-0.3, -0.25) is 9.59 Å². The van der Waals surface area contributed by atoms with Gasteiger partial charge in [-0.25, -0.2) is 0 Å². The number of aliphatic hydroxyl groups excluding tert-OH is 2. The molecule has 0 aliphatic heterocycles. The number of carbonyl (C=O) groups excluding carboxylic acids is 2. The van der Waals surface area contributed by atoms with Crippen LogP contribution in [0.2, 0.25) is 0 Å². The lowest BCUT2D eigenvalue weighted by Crippen LogP contribution is -2.46. The van der Waals surface area contributed by atoms with Crippen molar-refractivity contribution < 1.29 is 24.5 Å². The Kier molecular flexibility index (Phi) is 42.7. The van der Waals surface area contributed by atoms with E-state index in [0.717, 1.165) is 109 Å². The molecule has 0 aromatic heterocycles. The van der Waals surface area contributed by atoms with Crippen molar-refractivity contribution in [2.24, 2.45) is 0 Å². The second-order valence-corrected chi connectivity index (χ2v) is 16.1. The van der Waals surface area contributed by atoms with E-state index in [0.29, 0.717) is 19.3 Å². The number of hydrogen-bond donors (Lipinski definition) is 3. The average molecular weight is 798 g/mol. The Morgan fingerprint density at radius 2 is 0.947 bits per heavy atom. The molecule has 330 valence electrons. The van der Waals surface area contributed by atoms with E-state index >= 15 is 0 Å². The molecule has 6 nitrogen and oxygen atoms in total. The molecule has 0 rings (SSSR count). The fourth-order valence-corrected chi connectivity index (χ4v) is 7.01. The summed E-state index contributed by atoms with van der Waals surface area (Å²) in [5, 5.41) is 23.7. The summed E-state index contributed by atoms with van der Waals surface area (Å²) in [5.41, 5.74) is 0. The molecule has 3 atom stereocenters. The SMILES string of the molecule is CC/C=C/C/C=C/C/C=C/CCCCCCC(CC(=O)NC(CO)C(O)CCCCCCCCCCCC)OC(=O)CCCCCCCCC/C=C/C/C=C/CC. The number of esters is 1. The summed E-state index contributed by atoms with van der Waals surface area (Å²) >= 11 is 0. The maximum Gasteiger partial charge on any atom is 0.306 e. The Bertz CT molecular complexity index is 1030. The topological polar surface area (TPSA) is 95.9 Å².